The number of carboxylic acids is 1. The van der Waals surface area contributed by atoms with Crippen LogP contribution in [0.4, 0.5) is 14.5 Å². The third-order valence-corrected chi connectivity index (χ3v) is 2.48. The second kappa shape index (κ2) is 4.47. The molecule has 0 aliphatic carbocycles. The van der Waals surface area contributed by atoms with E-state index in [0.717, 1.165) is 0 Å². The zero-order valence-corrected chi connectivity index (χ0v) is 8.94. The number of rotatable bonds is 3. The monoisotopic (exact) mass is 296 g/mol. The van der Waals surface area contributed by atoms with Gasteiger partial charge in [-0.2, -0.15) is 0 Å². The molecular weight excluding hydrogens is 294 g/mol. The molecule has 0 radical (unpaired) electrons. The van der Waals surface area contributed by atoms with Gasteiger partial charge in [0.05, 0.1) is 10.5 Å². The molecule has 0 aliphatic heterocycles. The molecule has 9 heteroatoms. The van der Waals surface area contributed by atoms with E-state index in [1.807, 2.05) is 0 Å². The van der Waals surface area contributed by atoms with Crippen molar-refractivity contribution in [2.75, 3.05) is 0 Å². The Bertz CT molecular complexity index is 466. The van der Waals surface area contributed by atoms with E-state index in [0.29, 0.717) is 6.20 Å². The van der Waals surface area contributed by atoms with Crippen molar-refractivity contribution in [3.05, 3.63) is 32.0 Å². The summed E-state index contributed by atoms with van der Waals surface area (Å²) in [6.45, 7) is 0. The van der Waals surface area contributed by atoms with Crippen molar-refractivity contribution in [2.45, 2.75) is 6.43 Å². The molecule has 16 heavy (non-hydrogen) atoms. The van der Waals surface area contributed by atoms with E-state index < -0.39 is 38.7 Å². The molecule has 0 spiro atoms. The van der Waals surface area contributed by atoms with Crippen LogP contribution < -0.4 is 0 Å². The smallest absolute Gasteiger partial charge is 0.355 e. The Balaban J connectivity index is 3.54. The molecule has 0 bridgehead atoms. The quantitative estimate of drug-likeness (QED) is 0.683. The van der Waals surface area contributed by atoms with Gasteiger partial charge in [0.1, 0.15) is 10.7 Å². The summed E-state index contributed by atoms with van der Waals surface area (Å²) in [5, 5.41) is 19.0. The number of hydrogen-bond acceptors (Lipinski definition) is 4. The molecule has 1 aromatic heterocycles. The molecule has 6 nitrogen and oxygen atoms in total. The van der Waals surface area contributed by atoms with Gasteiger partial charge in [-0.1, -0.05) is 0 Å². The van der Waals surface area contributed by atoms with Crippen molar-refractivity contribution in [2.24, 2.45) is 0 Å². The Morgan fingerprint density at radius 2 is 2.19 bits per heavy atom. The van der Waals surface area contributed by atoms with Gasteiger partial charge in [0.25, 0.3) is 6.43 Å². The van der Waals surface area contributed by atoms with E-state index in [2.05, 4.69) is 20.9 Å². The molecule has 0 aliphatic rings. The molecule has 0 fully saturated rings. The first-order chi connectivity index (χ1) is 7.36. The number of halogens is 3. The lowest BCUT2D eigenvalue weighted by atomic mass is 10.2. The number of hydrogen-bond donors (Lipinski definition) is 1. The molecule has 1 N–H and O–H groups in total. The Kier molecular flexibility index (Phi) is 3.48. The minimum atomic E-state index is -3.17. The molecule has 0 saturated carbocycles. The summed E-state index contributed by atoms with van der Waals surface area (Å²) in [7, 11) is 0. The number of nitrogens with zero attached hydrogens (tertiary/aromatic N) is 2. The molecule has 1 heterocycles. The predicted octanol–water partition coefficient (Wildman–Crippen LogP) is 2.39. The first kappa shape index (κ1) is 12.4. The Morgan fingerprint density at radius 1 is 1.62 bits per heavy atom. The van der Waals surface area contributed by atoms with E-state index in [1.165, 1.54) is 0 Å². The van der Waals surface area contributed by atoms with Gasteiger partial charge >= 0.3 is 11.7 Å². The lowest BCUT2D eigenvalue weighted by molar-refractivity contribution is -0.386. The van der Waals surface area contributed by atoms with E-state index in [4.69, 9.17) is 5.11 Å². The third kappa shape index (κ3) is 2.13. The highest BCUT2D eigenvalue weighted by Gasteiger charge is 2.28. The average molecular weight is 297 g/mol. The fraction of sp³-hybridized carbons (Fsp3) is 0.143. The summed E-state index contributed by atoms with van der Waals surface area (Å²) in [5.41, 5.74) is -2.62. The maximum atomic E-state index is 12.5. The van der Waals surface area contributed by atoms with Crippen molar-refractivity contribution in [1.82, 2.24) is 4.98 Å². The molecule has 0 amide bonds. The third-order valence-electron chi connectivity index (χ3n) is 1.65. The summed E-state index contributed by atoms with van der Waals surface area (Å²) >= 11 is 2.58. The molecule has 86 valence electrons. The number of aromatic carboxylic acids is 1. The fourth-order valence-corrected chi connectivity index (χ4v) is 1.60. The topological polar surface area (TPSA) is 93.3 Å². The molecule has 1 rings (SSSR count). The number of carboxylic acid groups (broad SMARTS) is 1. The maximum Gasteiger partial charge on any atom is 0.355 e. The Labute approximate surface area is 95.2 Å². The molecule has 0 unspecified atom stereocenters. The second-order valence-corrected chi connectivity index (χ2v) is 3.38. The fourth-order valence-electron chi connectivity index (χ4n) is 0.991. The van der Waals surface area contributed by atoms with Crippen LogP contribution in [-0.2, 0) is 0 Å². The van der Waals surface area contributed by atoms with Gasteiger partial charge < -0.3 is 5.11 Å². The van der Waals surface area contributed by atoms with E-state index in [1.54, 1.807) is 0 Å². The zero-order valence-electron chi connectivity index (χ0n) is 7.35. The second-order valence-electron chi connectivity index (χ2n) is 2.58. The van der Waals surface area contributed by atoms with E-state index in [-0.39, 0.29) is 0 Å². The van der Waals surface area contributed by atoms with Gasteiger partial charge in [-0.05, 0) is 15.9 Å². The van der Waals surface area contributed by atoms with Crippen molar-refractivity contribution >= 4 is 27.6 Å². The molecule has 0 saturated heterocycles. The Morgan fingerprint density at radius 3 is 2.56 bits per heavy atom. The zero-order chi connectivity index (χ0) is 12.5. The van der Waals surface area contributed by atoms with Crippen molar-refractivity contribution in [3.8, 4) is 0 Å². The molecular formula is C7H3BrF2N2O4. The van der Waals surface area contributed by atoms with Crippen molar-refractivity contribution < 1.29 is 23.6 Å². The van der Waals surface area contributed by atoms with Crippen LogP contribution in [0.1, 0.15) is 22.5 Å². The van der Waals surface area contributed by atoms with Crippen LogP contribution in [0.5, 0.6) is 0 Å². The minimum absolute atomic E-state index is 0.570. The highest BCUT2D eigenvalue weighted by atomic mass is 79.9. The Hall–Kier alpha value is -1.64. The van der Waals surface area contributed by atoms with Gasteiger partial charge in [-0.15, -0.1) is 0 Å². The molecule has 0 aromatic carbocycles. The number of nitro groups is 1. The van der Waals surface area contributed by atoms with Crippen LogP contribution in [0, 0.1) is 10.1 Å². The average Bonchev–Trinajstić information content (AvgIpc) is 2.15. The summed E-state index contributed by atoms with van der Waals surface area (Å²) in [4.78, 5) is 23.2. The van der Waals surface area contributed by atoms with Crippen molar-refractivity contribution in [1.29, 1.82) is 0 Å². The van der Waals surface area contributed by atoms with Crippen LogP contribution in [0.2, 0.25) is 0 Å². The maximum absolute atomic E-state index is 12.5. The minimum Gasteiger partial charge on any atom is -0.476 e. The highest BCUT2D eigenvalue weighted by molar-refractivity contribution is 9.10. The molecule has 0 atom stereocenters. The van der Waals surface area contributed by atoms with Gasteiger partial charge in [0.2, 0.25) is 0 Å². The highest BCUT2D eigenvalue weighted by Crippen LogP contribution is 2.35. The summed E-state index contributed by atoms with van der Waals surface area (Å²) in [6.07, 6.45) is -2.56. The lowest BCUT2D eigenvalue weighted by Crippen LogP contribution is -2.08. The number of pyridine rings is 1. The molecule has 1 aromatic rings. The normalized spacial score (nSPS) is 10.5. The van der Waals surface area contributed by atoms with Crippen LogP contribution >= 0.6 is 15.9 Å². The van der Waals surface area contributed by atoms with E-state index >= 15 is 0 Å². The SMILES string of the molecule is O=C(O)c1ncc([N+](=O)[O-])c(Br)c1C(F)F. The van der Waals surface area contributed by atoms with Crippen LogP contribution in [0.15, 0.2) is 10.7 Å². The first-order valence-electron chi connectivity index (χ1n) is 3.70. The summed E-state index contributed by atoms with van der Waals surface area (Å²) in [6, 6.07) is 0. The van der Waals surface area contributed by atoms with Crippen LogP contribution in [0.25, 0.3) is 0 Å². The number of alkyl halides is 2. The number of carbonyl (C=O) groups is 1. The largest absolute Gasteiger partial charge is 0.476 e. The summed E-state index contributed by atoms with van der Waals surface area (Å²) in [5.74, 6) is -1.68. The van der Waals surface area contributed by atoms with Gasteiger partial charge in [0.15, 0.2) is 5.69 Å². The van der Waals surface area contributed by atoms with Gasteiger partial charge in [-0.25, -0.2) is 18.6 Å². The van der Waals surface area contributed by atoms with Crippen LogP contribution in [0.3, 0.4) is 0 Å². The first-order valence-corrected chi connectivity index (χ1v) is 4.49. The predicted molar refractivity (Wildman–Crippen MR) is 50.5 cm³/mol. The van der Waals surface area contributed by atoms with Crippen LogP contribution in [-0.4, -0.2) is 21.0 Å². The number of aromatic nitrogens is 1. The van der Waals surface area contributed by atoms with Gasteiger partial charge in [-0.3, -0.25) is 10.1 Å². The van der Waals surface area contributed by atoms with Gasteiger partial charge in [0, 0.05) is 0 Å². The van der Waals surface area contributed by atoms with E-state index in [9.17, 15) is 23.7 Å². The van der Waals surface area contributed by atoms with Crippen molar-refractivity contribution in [3.63, 3.8) is 0 Å². The summed E-state index contributed by atoms with van der Waals surface area (Å²) < 4.78 is 24.5. The lowest BCUT2D eigenvalue weighted by Gasteiger charge is -2.06. The standard InChI is InChI=1S/C7H3BrF2N2O4/c8-4-2(12(15)16)1-11-5(7(13)14)3(4)6(9)10/h1,6H,(H,13,14).